The van der Waals surface area contributed by atoms with E-state index in [9.17, 15) is 13.2 Å². The van der Waals surface area contributed by atoms with Crippen molar-refractivity contribution in [3.63, 3.8) is 0 Å². The van der Waals surface area contributed by atoms with E-state index in [1.54, 1.807) is 13.1 Å². The van der Waals surface area contributed by atoms with E-state index in [0.717, 1.165) is 12.1 Å². The first-order valence-electron chi connectivity index (χ1n) is 4.55. The Balaban J connectivity index is 2.72. The topological polar surface area (TPSA) is 24.1 Å². The molecule has 88 valence electrons. The SMILES string of the molecule is CNC(=S)NCc1cccc(C(F)(F)F)c1. The van der Waals surface area contributed by atoms with Gasteiger partial charge < -0.3 is 10.6 Å². The Kier molecular flexibility index (Phi) is 4.12. The Bertz CT molecular complexity index is 377. The summed E-state index contributed by atoms with van der Waals surface area (Å²) in [6.45, 7) is 0.267. The molecule has 0 radical (unpaired) electrons. The minimum Gasteiger partial charge on any atom is -0.366 e. The number of hydrogen-bond acceptors (Lipinski definition) is 1. The number of rotatable bonds is 2. The van der Waals surface area contributed by atoms with Crippen molar-refractivity contribution in [2.45, 2.75) is 12.7 Å². The molecule has 0 saturated carbocycles. The lowest BCUT2D eigenvalue weighted by Gasteiger charge is -2.10. The predicted molar refractivity (Wildman–Crippen MR) is 59.9 cm³/mol. The first-order chi connectivity index (χ1) is 7.43. The van der Waals surface area contributed by atoms with Gasteiger partial charge in [-0.1, -0.05) is 12.1 Å². The number of benzene rings is 1. The van der Waals surface area contributed by atoms with Crippen LogP contribution in [0, 0.1) is 0 Å². The minimum absolute atomic E-state index is 0.267. The maximum atomic E-state index is 12.4. The zero-order chi connectivity index (χ0) is 12.2. The third-order valence-corrected chi connectivity index (χ3v) is 2.28. The molecule has 0 amide bonds. The number of thiocarbonyl (C=S) groups is 1. The Morgan fingerprint density at radius 2 is 2.06 bits per heavy atom. The van der Waals surface area contributed by atoms with Gasteiger partial charge in [-0.05, 0) is 29.9 Å². The van der Waals surface area contributed by atoms with Crippen LogP contribution < -0.4 is 10.6 Å². The van der Waals surface area contributed by atoms with Crippen molar-refractivity contribution in [3.8, 4) is 0 Å². The van der Waals surface area contributed by atoms with E-state index in [1.165, 1.54) is 6.07 Å². The van der Waals surface area contributed by atoms with Crippen LogP contribution in [0.25, 0.3) is 0 Å². The Hall–Kier alpha value is -1.30. The highest BCUT2D eigenvalue weighted by molar-refractivity contribution is 7.80. The second kappa shape index (κ2) is 5.16. The number of hydrogen-bond donors (Lipinski definition) is 2. The van der Waals surface area contributed by atoms with Crippen molar-refractivity contribution in [2.75, 3.05) is 7.05 Å². The summed E-state index contributed by atoms with van der Waals surface area (Å²) in [5.74, 6) is 0. The van der Waals surface area contributed by atoms with Crippen molar-refractivity contribution in [2.24, 2.45) is 0 Å². The molecule has 0 saturated heterocycles. The fourth-order valence-electron chi connectivity index (χ4n) is 1.13. The van der Waals surface area contributed by atoms with Crippen LogP contribution in [-0.2, 0) is 12.7 Å². The maximum absolute atomic E-state index is 12.4. The van der Waals surface area contributed by atoms with E-state index >= 15 is 0 Å². The molecule has 16 heavy (non-hydrogen) atoms. The molecule has 2 nitrogen and oxygen atoms in total. The summed E-state index contributed by atoms with van der Waals surface area (Å²) in [5.41, 5.74) is -0.116. The summed E-state index contributed by atoms with van der Waals surface area (Å²) >= 11 is 4.82. The summed E-state index contributed by atoms with van der Waals surface area (Å²) in [7, 11) is 1.64. The minimum atomic E-state index is -4.31. The van der Waals surface area contributed by atoms with Crippen molar-refractivity contribution in [1.29, 1.82) is 0 Å². The van der Waals surface area contributed by atoms with Crippen molar-refractivity contribution >= 4 is 17.3 Å². The highest BCUT2D eigenvalue weighted by atomic mass is 32.1. The van der Waals surface area contributed by atoms with E-state index in [2.05, 4.69) is 10.6 Å². The summed E-state index contributed by atoms with van der Waals surface area (Å²) in [6, 6.07) is 5.13. The molecule has 0 heterocycles. The van der Waals surface area contributed by atoms with Gasteiger partial charge in [-0.3, -0.25) is 0 Å². The van der Waals surface area contributed by atoms with Crippen molar-refractivity contribution < 1.29 is 13.2 Å². The predicted octanol–water partition coefficient (Wildman–Crippen LogP) is 2.30. The second-order valence-electron chi connectivity index (χ2n) is 3.13. The number of alkyl halides is 3. The fourth-order valence-corrected chi connectivity index (χ4v) is 1.20. The number of halogens is 3. The van der Waals surface area contributed by atoms with E-state index in [0.29, 0.717) is 10.7 Å². The van der Waals surface area contributed by atoms with Crippen LogP contribution >= 0.6 is 12.2 Å². The van der Waals surface area contributed by atoms with Gasteiger partial charge in [-0.2, -0.15) is 13.2 Å². The Morgan fingerprint density at radius 1 is 1.38 bits per heavy atom. The van der Waals surface area contributed by atoms with Gasteiger partial charge in [0.05, 0.1) is 5.56 Å². The molecule has 6 heteroatoms. The van der Waals surface area contributed by atoms with Gasteiger partial charge in [0.2, 0.25) is 0 Å². The third-order valence-electron chi connectivity index (χ3n) is 1.93. The van der Waals surface area contributed by atoms with Crippen molar-refractivity contribution in [3.05, 3.63) is 35.4 Å². The molecular formula is C10H11F3N2S. The summed E-state index contributed by atoms with van der Waals surface area (Å²) < 4.78 is 37.1. The molecular weight excluding hydrogens is 237 g/mol. The maximum Gasteiger partial charge on any atom is 0.416 e. The molecule has 0 aliphatic carbocycles. The smallest absolute Gasteiger partial charge is 0.366 e. The van der Waals surface area contributed by atoms with Crippen LogP contribution in [0.4, 0.5) is 13.2 Å². The van der Waals surface area contributed by atoms with Gasteiger partial charge in [0, 0.05) is 13.6 Å². The molecule has 0 atom stereocenters. The molecule has 1 aromatic rings. The van der Waals surface area contributed by atoms with Gasteiger partial charge in [-0.25, -0.2) is 0 Å². The lowest BCUT2D eigenvalue weighted by atomic mass is 10.1. The van der Waals surface area contributed by atoms with Crippen LogP contribution in [0.2, 0.25) is 0 Å². The third kappa shape index (κ3) is 3.69. The van der Waals surface area contributed by atoms with Crippen LogP contribution in [0.5, 0.6) is 0 Å². The normalized spacial score (nSPS) is 11.0. The molecule has 0 aromatic heterocycles. The molecule has 0 spiro atoms. The molecule has 0 fully saturated rings. The van der Waals surface area contributed by atoms with Crippen LogP contribution in [0.1, 0.15) is 11.1 Å². The van der Waals surface area contributed by atoms with E-state index in [1.807, 2.05) is 0 Å². The zero-order valence-electron chi connectivity index (χ0n) is 8.56. The molecule has 0 aliphatic rings. The average molecular weight is 248 g/mol. The lowest BCUT2D eigenvalue weighted by Crippen LogP contribution is -2.31. The molecule has 0 unspecified atom stereocenters. The standard InChI is InChI=1S/C10H11F3N2S/c1-14-9(16)15-6-7-3-2-4-8(5-7)10(11,12)13/h2-5H,6H2,1H3,(H2,14,15,16). The molecule has 1 rings (SSSR count). The van der Waals surface area contributed by atoms with E-state index in [4.69, 9.17) is 12.2 Å². The second-order valence-corrected chi connectivity index (χ2v) is 3.54. The summed E-state index contributed by atoms with van der Waals surface area (Å²) in [6.07, 6.45) is -4.31. The molecule has 2 N–H and O–H groups in total. The zero-order valence-corrected chi connectivity index (χ0v) is 9.38. The lowest BCUT2D eigenvalue weighted by molar-refractivity contribution is -0.137. The van der Waals surface area contributed by atoms with E-state index in [-0.39, 0.29) is 6.54 Å². The van der Waals surface area contributed by atoms with Crippen molar-refractivity contribution in [1.82, 2.24) is 10.6 Å². The Morgan fingerprint density at radius 3 is 2.62 bits per heavy atom. The first-order valence-corrected chi connectivity index (χ1v) is 4.96. The highest BCUT2D eigenvalue weighted by Crippen LogP contribution is 2.29. The molecule has 1 aromatic carbocycles. The Labute approximate surface area is 96.8 Å². The highest BCUT2D eigenvalue weighted by Gasteiger charge is 2.30. The van der Waals surface area contributed by atoms with Crippen LogP contribution in [-0.4, -0.2) is 12.2 Å². The summed E-state index contributed by atoms with van der Waals surface area (Å²) in [4.78, 5) is 0. The summed E-state index contributed by atoms with van der Waals surface area (Å²) in [5, 5.41) is 5.86. The fraction of sp³-hybridized carbons (Fsp3) is 0.300. The number of nitrogens with one attached hydrogen (secondary N) is 2. The van der Waals surface area contributed by atoms with Gasteiger partial charge in [0.15, 0.2) is 5.11 Å². The molecule has 0 aliphatic heterocycles. The largest absolute Gasteiger partial charge is 0.416 e. The average Bonchev–Trinajstić information content (AvgIpc) is 2.25. The van der Waals surface area contributed by atoms with Gasteiger partial charge in [0.25, 0.3) is 0 Å². The quantitative estimate of drug-likeness (QED) is 0.785. The van der Waals surface area contributed by atoms with E-state index < -0.39 is 11.7 Å². The monoisotopic (exact) mass is 248 g/mol. The van der Waals surface area contributed by atoms with Gasteiger partial charge in [0.1, 0.15) is 0 Å². The van der Waals surface area contributed by atoms with Crippen LogP contribution in [0.15, 0.2) is 24.3 Å². The van der Waals surface area contributed by atoms with Gasteiger partial charge >= 0.3 is 6.18 Å². The molecule has 0 bridgehead atoms. The van der Waals surface area contributed by atoms with Gasteiger partial charge in [-0.15, -0.1) is 0 Å². The van der Waals surface area contributed by atoms with Crippen LogP contribution in [0.3, 0.4) is 0 Å². The first kappa shape index (κ1) is 12.8.